The van der Waals surface area contributed by atoms with Gasteiger partial charge in [-0.05, 0) is 30.9 Å². The summed E-state index contributed by atoms with van der Waals surface area (Å²) in [6.07, 6.45) is 2.57. The minimum absolute atomic E-state index is 0.00707. The fourth-order valence-corrected chi connectivity index (χ4v) is 4.22. The van der Waals surface area contributed by atoms with Gasteiger partial charge in [0.1, 0.15) is 6.54 Å². The van der Waals surface area contributed by atoms with E-state index in [1.165, 1.54) is 0 Å². The van der Waals surface area contributed by atoms with Gasteiger partial charge >= 0.3 is 0 Å². The standard InChI is InChI=1S/C19H24N2O4/c22-15-5-10-25-19(11-15)6-8-20(9-7-19)17(23)13-21-12-14-3-1-2-4-16(14)18(21)24/h1-4,15,22H,5-13H2. The van der Waals surface area contributed by atoms with E-state index in [1.54, 1.807) is 4.90 Å². The Bertz CT molecular complexity index is 682. The second-order valence-electron chi connectivity index (χ2n) is 7.38. The average molecular weight is 344 g/mol. The molecule has 2 amide bonds. The zero-order valence-electron chi connectivity index (χ0n) is 14.3. The lowest BCUT2D eigenvalue weighted by Gasteiger charge is -2.45. The maximum Gasteiger partial charge on any atom is 0.254 e. The highest BCUT2D eigenvalue weighted by atomic mass is 16.5. The summed E-state index contributed by atoms with van der Waals surface area (Å²) in [5, 5.41) is 9.90. The largest absolute Gasteiger partial charge is 0.393 e. The van der Waals surface area contributed by atoms with Crippen LogP contribution in [0.15, 0.2) is 24.3 Å². The Hall–Kier alpha value is -1.92. The fraction of sp³-hybridized carbons (Fsp3) is 0.579. The van der Waals surface area contributed by atoms with Crippen molar-refractivity contribution in [1.29, 1.82) is 0 Å². The van der Waals surface area contributed by atoms with Crippen molar-refractivity contribution in [3.63, 3.8) is 0 Å². The summed E-state index contributed by atoms with van der Waals surface area (Å²) in [6.45, 7) is 2.48. The van der Waals surface area contributed by atoms with Crippen LogP contribution in [0.25, 0.3) is 0 Å². The smallest absolute Gasteiger partial charge is 0.254 e. The van der Waals surface area contributed by atoms with Crippen LogP contribution in [0.2, 0.25) is 0 Å². The molecule has 1 spiro atoms. The van der Waals surface area contributed by atoms with Gasteiger partial charge in [0.25, 0.3) is 5.91 Å². The van der Waals surface area contributed by atoms with E-state index in [4.69, 9.17) is 4.74 Å². The quantitative estimate of drug-likeness (QED) is 0.874. The first kappa shape index (κ1) is 16.5. The van der Waals surface area contributed by atoms with Gasteiger partial charge in [-0.25, -0.2) is 0 Å². The third-order valence-corrected chi connectivity index (χ3v) is 5.72. The molecule has 6 nitrogen and oxygen atoms in total. The third-order valence-electron chi connectivity index (χ3n) is 5.72. The molecule has 0 saturated carbocycles. The van der Waals surface area contributed by atoms with Crippen LogP contribution in [0.3, 0.4) is 0 Å². The number of piperidine rings is 1. The first-order valence-electron chi connectivity index (χ1n) is 9.03. The Kier molecular flexibility index (Phi) is 4.25. The minimum atomic E-state index is -0.295. The van der Waals surface area contributed by atoms with Gasteiger partial charge in [0.15, 0.2) is 0 Å². The summed E-state index contributed by atoms with van der Waals surface area (Å²) >= 11 is 0. The number of ether oxygens (including phenoxy) is 1. The van der Waals surface area contributed by atoms with Crippen LogP contribution in [0, 0.1) is 0 Å². The van der Waals surface area contributed by atoms with E-state index in [0.717, 1.165) is 18.4 Å². The molecule has 0 bridgehead atoms. The molecule has 1 aromatic rings. The lowest BCUT2D eigenvalue weighted by Crippen LogP contribution is -2.53. The van der Waals surface area contributed by atoms with Crippen molar-refractivity contribution in [2.24, 2.45) is 0 Å². The molecule has 0 aromatic heterocycles. The van der Waals surface area contributed by atoms with Crippen molar-refractivity contribution in [3.05, 3.63) is 35.4 Å². The second-order valence-corrected chi connectivity index (χ2v) is 7.38. The molecule has 2 fully saturated rings. The molecule has 1 atom stereocenters. The molecule has 1 N–H and O–H groups in total. The van der Waals surface area contributed by atoms with Crippen LogP contribution in [0.4, 0.5) is 0 Å². The van der Waals surface area contributed by atoms with Crippen LogP contribution in [-0.4, -0.2) is 64.7 Å². The van der Waals surface area contributed by atoms with E-state index < -0.39 is 0 Å². The normalized spacial score (nSPS) is 25.3. The highest BCUT2D eigenvalue weighted by Gasteiger charge is 2.41. The molecule has 2 saturated heterocycles. The molecule has 1 unspecified atom stereocenters. The number of benzene rings is 1. The molecule has 25 heavy (non-hydrogen) atoms. The molecule has 134 valence electrons. The fourth-order valence-electron chi connectivity index (χ4n) is 4.22. The van der Waals surface area contributed by atoms with E-state index in [-0.39, 0.29) is 30.1 Å². The predicted molar refractivity (Wildman–Crippen MR) is 90.9 cm³/mol. The molecular weight excluding hydrogens is 320 g/mol. The highest BCUT2D eigenvalue weighted by molar-refractivity contribution is 6.00. The molecule has 0 radical (unpaired) electrons. The van der Waals surface area contributed by atoms with Gasteiger partial charge in [0.05, 0.1) is 11.7 Å². The van der Waals surface area contributed by atoms with Gasteiger partial charge in [-0.2, -0.15) is 0 Å². The number of hydrogen-bond donors (Lipinski definition) is 1. The van der Waals surface area contributed by atoms with Crippen molar-refractivity contribution in [2.75, 3.05) is 26.2 Å². The number of likely N-dealkylation sites (tertiary alicyclic amines) is 1. The SMILES string of the molecule is O=C(CN1Cc2ccccc2C1=O)N1CCC2(CC1)CC(O)CCO2. The molecule has 4 rings (SSSR count). The highest BCUT2D eigenvalue weighted by Crippen LogP contribution is 2.35. The Balaban J connectivity index is 1.34. The maximum absolute atomic E-state index is 12.6. The number of carbonyl (C=O) groups excluding carboxylic acids is 2. The first-order chi connectivity index (χ1) is 12.1. The number of carbonyl (C=O) groups is 2. The number of hydrogen-bond acceptors (Lipinski definition) is 4. The lowest BCUT2D eigenvalue weighted by molar-refractivity contribution is -0.154. The number of aliphatic hydroxyl groups excluding tert-OH is 1. The van der Waals surface area contributed by atoms with Crippen molar-refractivity contribution in [3.8, 4) is 0 Å². The van der Waals surface area contributed by atoms with Crippen LogP contribution in [0.1, 0.15) is 41.6 Å². The van der Waals surface area contributed by atoms with Gasteiger partial charge in [-0.1, -0.05) is 18.2 Å². The number of fused-ring (bicyclic) bond motifs is 1. The average Bonchev–Trinajstić information content (AvgIpc) is 2.91. The summed E-state index contributed by atoms with van der Waals surface area (Å²) in [5.41, 5.74) is 1.42. The summed E-state index contributed by atoms with van der Waals surface area (Å²) in [6, 6.07) is 7.53. The van der Waals surface area contributed by atoms with E-state index in [1.807, 2.05) is 29.2 Å². The number of rotatable bonds is 2. The second kappa shape index (κ2) is 6.42. The monoisotopic (exact) mass is 344 g/mol. The van der Waals surface area contributed by atoms with Crippen LogP contribution in [-0.2, 0) is 16.1 Å². The van der Waals surface area contributed by atoms with Crippen molar-refractivity contribution in [1.82, 2.24) is 9.80 Å². The summed E-state index contributed by atoms with van der Waals surface area (Å²) < 4.78 is 5.94. The Morgan fingerprint density at radius 1 is 1.28 bits per heavy atom. The number of amides is 2. The Labute approximate surface area is 147 Å². The lowest BCUT2D eigenvalue weighted by atomic mass is 9.83. The predicted octanol–water partition coefficient (Wildman–Crippen LogP) is 1.17. The molecule has 3 aliphatic heterocycles. The van der Waals surface area contributed by atoms with E-state index >= 15 is 0 Å². The third kappa shape index (κ3) is 3.16. The van der Waals surface area contributed by atoms with Gasteiger partial charge in [-0.3, -0.25) is 9.59 Å². The number of nitrogens with zero attached hydrogens (tertiary/aromatic N) is 2. The van der Waals surface area contributed by atoms with E-state index in [0.29, 0.717) is 44.6 Å². The van der Waals surface area contributed by atoms with Crippen molar-refractivity contribution in [2.45, 2.75) is 43.9 Å². The minimum Gasteiger partial charge on any atom is -0.393 e. The van der Waals surface area contributed by atoms with Gasteiger partial charge in [0.2, 0.25) is 5.91 Å². The van der Waals surface area contributed by atoms with Crippen LogP contribution < -0.4 is 0 Å². The van der Waals surface area contributed by atoms with Crippen molar-refractivity contribution >= 4 is 11.8 Å². The summed E-state index contributed by atoms with van der Waals surface area (Å²) in [7, 11) is 0. The molecule has 1 aromatic carbocycles. The Morgan fingerprint density at radius 3 is 2.76 bits per heavy atom. The van der Waals surface area contributed by atoms with Crippen LogP contribution in [0.5, 0.6) is 0 Å². The molecule has 6 heteroatoms. The topological polar surface area (TPSA) is 70.1 Å². The van der Waals surface area contributed by atoms with E-state index in [2.05, 4.69) is 0 Å². The molecule has 3 heterocycles. The zero-order valence-corrected chi connectivity index (χ0v) is 14.3. The summed E-state index contributed by atoms with van der Waals surface area (Å²) in [5.74, 6) is -0.0662. The molecular formula is C19H24N2O4. The van der Waals surface area contributed by atoms with Gasteiger partial charge in [-0.15, -0.1) is 0 Å². The molecule has 0 aliphatic carbocycles. The van der Waals surface area contributed by atoms with E-state index in [9.17, 15) is 14.7 Å². The van der Waals surface area contributed by atoms with Crippen molar-refractivity contribution < 1.29 is 19.4 Å². The Morgan fingerprint density at radius 2 is 2.04 bits per heavy atom. The number of aliphatic hydroxyl groups is 1. The zero-order chi connectivity index (χ0) is 17.4. The van der Waals surface area contributed by atoms with Gasteiger partial charge < -0.3 is 19.6 Å². The summed E-state index contributed by atoms with van der Waals surface area (Å²) in [4.78, 5) is 28.5. The maximum atomic E-state index is 12.6. The molecule has 3 aliphatic rings. The van der Waals surface area contributed by atoms with Gasteiger partial charge in [0, 0.05) is 38.2 Å². The first-order valence-corrected chi connectivity index (χ1v) is 9.03. The van der Waals surface area contributed by atoms with Crippen LogP contribution >= 0.6 is 0 Å².